The van der Waals surface area contributed by atoms with Crippen LogP contribution < -0.4 is 53.5 Å². The first-order valence-corrected chi connectivity index (χ1v) is 32.1. The minimum Gasteiger partial charge on any atom is -0.481 e. The van der Waals surface area contributed by atoms with E-state index in [9.17, 15) is 77.6 Å². The van der Waals surface area contributed by atoms with Crippen molar-refractivity contribution in [2.75, 3.05) is 39.4 Å². The van der Waals surface area contributed by atoms with Crippen molar-refractivity contribution in [2.24, 2.45) is 28.3 Å². The fourth-order valence-electron chi connectivity index (χ4n) is 11.5. The number of nitrogens with zero attached hydrogens (tertiary/aromatic N) is 6. The Bertz CT molecular complexity index is 3350. The summed E-state index contributed by atoms with van der Waals surface area (Å²) in [6.07, 6.45) is -2.81. The van der Waals surface area contributed by atoms with Crippen LogP contribution in [0.4, 0.5) is 4.79 Å². The molecule has 34 heteroatoms. The van der Waals surface area contributed by atoms with Crippen LogP contribution in [-0.4, -0.2) is 217 Å². The van der Waals surface area contributed by atoms with E-state index < -0.39 is 176 Å². The van der Waals surface area contributed by atoms with Crippen molar-refractivity contribution in [3.8, 4) is 11.1 Å². The molecule has 0 radical (unpaired) electrons. The number of aromatic nitrogens is 3. The highest BCUT2D eigenvalue weighted by Gasteiger charge is 2.44. The molecule has 9 amide bonds. The molecule has 0 saturated carbocycles. The zero-order chi connectivity index (χ0) is 71.2. The van der Waals surface area contributed by atoms with Crippen molar-refractivity contribution in [3.05, 3.63) is 71.5 Å². The molecule has 10 atom stereocenters. The van der Waals surface area contributed by atoms with Gasteiger partial charge in [-0.25, -0.2) is 14.4 Å². The summed E-state index contributed by atoms with van der Waals surface area (Å²) in [6, 6.07) is 3.80. The number of carboxylic acid groups (broad SMARTS) is 2. The first-order valence-electron chi connectivity index (χ1n) is 32.1. The van der Waals surface area contributed by atoms with Crippen molar-refractivity contribution in [1.82, 2.24) is 62.2 Å². The van der Waals surface area contributed by atoms with Crippen LogP contribution in [0.25, 0.3) is 11.1 Å². The number of fused-ring (bicyclic) bond motifs is 3. The highest BCUT2D eigenvalue weighted by atomic mass is 16.7. The number of carboxylic acids is 2. The van der Waals surface area contributed by atoms with Crippen LogP contribution >= 0.6 is 0 Å². The van der Waals surface area contributed by atoms with Crippen molar-refractivity contribution < 1.29 is 92.0 Å². The standard InChI is InChI=1S/C63H87N15O19/c1-7-34(5)51(72-54(86)42(23-25-48(81)82)69-53(85)41(20-13-27-66-62(64)65)70-63(94)96-32-40-38-18-11-9-16-36(38)37-17-10-12-19-39(37)40)57(89)67-30-47(80)68-43(24-26-49(83)84)58(90)76-28-14-21-45(76)56(88)73-52(35(6)79)59(91)77-29-15-22-46(77)55(87)71-50(33(3)4)61(93)97-78-31-44(74-75-78)60(92)95-8-2/h9-12,16-19,31,33-35,40-43,45-46,50-52,79H,7-8,13-15,20-30,32H2,1-6H3,(H,67,89)(H,68,80)(H,69,85)(H,70,94)(H,71,87)(H,72,86)(H,73,88)(H,81,82)(H,83,84)(H4,64,65,66)/t34-,35+,41-,42-,43-,45-,46-,50-,51-,52-/m0/s1. The quantitative estimate of drug-likeness (QED) is 0.0107. The molecule has 34 nitrogen and oxygen atoms in total. The molecule has 3 aromatic rings. The van der Waals surface area contributed by atoms with Crippen molar-refractivity contribution in [1.29, 1.82) is 0 Å². The number of nitrogens with two attached hydrogens (primary N) is 2. The van der Waals surface area contributed by atoms with Crippen LogP contribution in [0.1, 0.15) is 140 Å². The number of aliphatic imine (C=N–C) groups is 1. The number of carbonyl (C=O) groups is 13. The smallest absolute Gasteiger partial charge is 0.407 e. The van der Waals surface area contributed by atoms with Crippen molar-refractivity contribution >= 4 is 83.2 Å². The maximum absolute atomic E-state index is 14.4. The van der Waals surface area contributed by atoms with Crippen LogP contribution in [-0.2, 0) is 62.2 Å². The summed E-state index contributed by atoms with van der Waals surface area (Å²) < 4.78 is 10.6. The molecule has 14 N–H and O–H groups in total. The van der Waals surface area contributed by atoms with E-state index in [0.29, 0.717) is 11.3 Å². The van der Waals surface area contributed by atoms with E-state index in [0.717, 1.165) is 38.3 Å². The zero-order valence-corrected chi connectivity index (χ0v) is 54.9. The molecule has 2 saturated heterocycles. The molecule has 2 fully saturated rings. The number of carbonyl (C=O) groups excluding carboxylic acids is 11. The van der Waals surface area contributed by atoms with Gasteiger partial charge in [0.05, 0.1) is 19.3 Å². The normalized spacial score (nSPS) is 17.2. The van der Waals surface area contributed by atoms with Crippen LogP contribution in [0.2, 0.25) is 0 Å². The molecule has 2 aliphatic heterocycles. The number of guanidine groups is 1. The van der Waals surface area contributed by atoms with Crippen LogP contribution in [0.5, 0.6) is 0 Å². The average Bonchev–Trinajstić information content (AvgIpc) is 1.62. The van der Waals surface area contributed by atoms with E-state index in [-0.39, 0.29) is 88.9 Å². The molecule has 97 heavy (non-hydrogen) atoms. The van der Waals surface area contributed by atoms with Crippen molar-refractivity contribution in [2.45, 2.75) is 173 Å². The summed E-state index contributed by atoms with van der Waals surface area (Å²) in [5.41, 5.74) is 14.6. The predicted octanol–water partition coefficient (Wildman–Crippen LogP) is -1.29. The lowest BCUT2D eigenvalue weighted by Gasteiger charge is -2.33. The van der Waals surface area contributed by atoms with Gasteiger partial charge < -0.3 is 88.1 Å². The second kappa shape index (κ2) is 36.0. The molecule has 3 aliphatic rings. The summed E-state index contributed by atoms with van der Waals surface area (Å²) in [5, 5.41) is 55.0. The number of aliphatic hydroxyl groups excluding tert-OH is 1. The molecule has 0 spiro atoms. The Morgan fingerprint density at radius 3 is 1.77 bits per heavy atom. The van der Waals surface area contributed by atoms with E-state index in [2.05, 4.69) is 52.5 Å². The highest BCUT2D eigenvalue weighted by Crippen LogP contribution is 2.44. The number of aliphatic carboxylic acids is 2. The molecule has 2 aromatic carbocycles. The van der Waals surface area contributed by atoms with Gasteiger partial charge in [-0.05, 0) is 105 Å². The molecular formula is C63H87N15O19. The van der Waals surface area contributed by atoms with Gasteiger partial charge in [0.25, 0.3) is 0 Å². The Labute approximate surface area is 558 Å². The molecule has 3 heterocycles. The minimum atomic E-state index is -1.67. The minimum absolute atomic E-state index is 0.00352. The molecular weight excluding hydrogens is 1270 g/mol. The molecule has 1 aromatic heterocycles. The van der Waals surface area contributed by atoms with Gasteiger partial charge in [0, 0.05) is 38.4 Å². The summed E-state index contributed by atoms with van der Waals surface area (Å²) in [6.45, 7) is 8.37. The lowest BCUT2D eigenvalue weighted by molar-refractivity contribution is -0.152. The van der Waals surface area contributed by atoms with Gasteiger partial charge in [0.2, 0.25) is 47.3 Å². The number of esters is 1. The summed E-state index contributed by atoms with van der Waals surface area (Å²) in [7, 11) is 0. The van der Waals surface area contributed by atoms with Gasteiger partial charge in [-0.2, -0.15) is 0 Å². The summed E-state index contributed by atoms with van der Waals surface area (Å²) in [4.78, 5) is 187. The first-order chi connectivity index (χ1) is 46.1. The topological polar surface area (TPSA) is 496 Å². The Hall–Kier alpha value is -10.3. The Kier molecular flexibility index (Phi) is 28.1. The second-order valence-electron chi connectivity index (χ2n) is 24.1. The molecule has 528 valence electrons. The maximum atomic E-state index is 14.4. The van der Waals surface area contributed by atoms with E-state index in [4.69, 9.17) is 25.8 Å². The van der Waals surface area contributed by atoms with E-state index in [1.54, 1.807) is 34.6 Å². The summed E-state index contributed by atoms with van der Waals surface area (Å²) >= 11 is 0. The fraction of sp³-hybridized carbons (Fsp3) is 0.556. The van der Waals surface area contributed by atoms with Gasteiger partial charge in [0.1, 0.15) is 61.1 Å². The second-order valence-corrected chi connectivity index (χ2v) is 24.1. The molecule has 0 bridgehead atoms. The third-order valence-corrected chi connectivity index (χ3v) is 16.8. The molecule has 1 aliphatic carbocycles. The number of alkyl carbamates (subject to hydrolysis) is 1. The number of rotatable bonds is 35. The Balaban J connectivity index is 1.08. The number of aliphatic hydroxyl groups is 1. The number of ether oxygens (including phenoxy) is 2. The Morgan fingerprint density at radius 1 is 0.660 bits per heavy atom. The van der Waals surface area contributed by atoms with Gasteiger partial charge in [-0.1, -0.05) is 87.5 Å². The molecule has 0 unspecified atom stereocenters. The summed E-state index contributed by atoms with van der Waals surface area (Å²) in [5.74, 6) is -13.6. The number of hydrogen-bond acceptors (Lipinski definition) is 20. The van der Waals surface area contributed by atoms with Gasteiger partial charge >= 0.3 is 30.0 Å². The average molecular weight is 1360 g/mol. The number of hydrogen-bond donors (Lipinski definition) is 12. The Morgan fingerprint density at radius 2 is 1.22 bits per heavy atom. The van der Waals surface area contributed by atoms with Crippen LogP contribution in [0.15, 0.2) is 59.7 Å². The SMILES string of the molecule is CCOC(=O)c1cn(OC(=O)[C@@H](NC(=O)[C@@H]2CCCN2C(=O)[C@@H](NC(=O)[C@@H]2CCCN2C(=O)[C@H](CCC(=O)O)NC(=O)CNC(=O)[C@@H](NC(=O)[C@H](CCC(=O)O)NC(=O)[C@H](CCCN=C(N)N)NC(=O)OCC2c3ccccc3-c3ccccc32)[C@@H](C)CC)[C@@H](C)O)C(C)C)nn1. The maximum Gasteiger partial charge on any atom is 0.407 e. The van der Waals surface area contributed by atoms with Crippen molar-refractivity contribution in [3.63, 3.8) is 0 Å². The monoisotopic (exact) mass is 1360 g/mol. The largest absolute Gasteiger partial charge is 0.481 e. The lowest BCUT2D eigenvalue weighted by Crippen LogP contribution is -2.61. The molecule has 6 rings (SSSR count). The van der Waals surface area contributed by atoms with E-state index >= 15 is 0 Å². The van der Waals surface area contributed by atoms with Crippen LogP contribution in [0.3, 0.4) is 0 Å². The number of benzene rings is 2. The number of amides is 9. The first kappa shape index (κ1) is 75.7. The van der Waals surface area contributed by atoms with Gasteiger partial charge in [-0.3, -0.25) is 52.9 Å². The zero-order valence-electron chi connectivity index (χ0n) is 54.9. The van der Waals surface area contributed by atoms with E-state index in [1.807, 2.05) is 48.5 Å². The van der Waals surface area contributed by atoms with E-state index in [1.165, 1.54) is 6.92 Å². The van der Waals surface area contributed by atoms with Crippen LogP contribution in [0, 0.1) is 11.8 Å². The number of nitrogens with one attached hydrogen (secondary N) is 7. The van der Waals surface area contributed by atoms with Gasteiger partial charge in [0.15, 0.2) is 11.7 Å². The van der Waals surface area contributed by atoms with Gasteiger partial charge in [-0.15, -0.1) is 5.10 Å². The predicted molar refractivity (Wildman–Crippen MR) is 341 cm³/mol. The highest BCUT2D eigenvalue weighted by molar-refractivity contribution is 5.99. The third-order valence-electron chi connectivity index (χ3n) is 16.8. The number of likely N-dealkylation sites (tertiary alicyclic amines) is 2. The lowest BCUT2D eigenvalue weighted by atomic mass is 9.97. The third kappa shape index (κ3) is 21.1. The fourth-order valence-corrected chi connectivity index (χ4v) is 11.5.